The highest BCUT2D eigenvalue weighted by atomic mass is 16.5. The highest BCUT2D eigenvalue weighted by Crippen LogP contribution is 2.38. The molecule has 1 rings (SSSR count). The smallest absolute Gasteiger partial charge is 0.323 e. The Labute approximate surface area is 128 Å². The number of rotatable bonds is 9. The number of hydrogen-bond acceptors (Lipinski definition) is 3. The summed E-state index contributed by atoms with van der Waals surface area (Å²) in [4.78, 5) is 23.8. The van der Waals surface area contributed by atoms with Gasteiger partial charge in [-0.1, -0.05) is 51.9 Å². The van der Waals surface area contributed by atoms with Crippen LogP contribution >= 0.6 is 0 Å². The van der Waals surface area contributed by atoms with Crippen molar-refractivity contribution >= 4 is 11.9 Å². The fourth-order valence-electron chi connectivity index (χ4n) is 3.05. The number of esters is 1. The summed E-state index contributed by atoms with van der Waals surface area (Å²) in [5.41, 5.74) is -1.28. The van der Waals surface area contributed by atoms with Gasteiger partial charge in [-0.3, -0.25) is 9.59 Å². The lowest BCUT2D eigenvalue weighted by Crippen LogP contribution is -2.43. The van der Waals surface area contributed by atoms with Crippen molar-refractivity contribution in [3.05, 3.63) is 0 Å². The van der Waals surface area contributed by atoms with Crippen LogP contribution in [-0.4, -0.2) is 23.1 Å². The molecule has 0 bridgehead atoms. The van der Waals surface area contributed by atoms with Gasteiger partial charge in [-0.15, -0.1) is 0 Å². The third kappa shape index (κ3) is 5.33. The van der Waals surface area contributed by atoms with Crippen LogP contribution in [-0.2, 0) is 14.3 Å². The number of carboxylic acids is 1. The molecule has 0 radical (unpaired) electrons. The van der Waals surface area contributed by atoms with E-state index >= 15 is 0 Å². The van der Waals surface area contributed by atoms with E-state index in [2.05, 4.69) is 6.92 Å². The van der Waals surface area contributed by atoms with Gasteiger partial charge in [0.2, 0.25) is 0 Å². The number of hydrogen-bond donors (Lipinski definition) is 1. The Kier molecular flexibility index (Phi) is 7.76. The average molecular weight is 298 g/mol. The first-order chi connectivity index (χ1) is 10.0. The molecule has 0 aromatic carbocycles. The number of ether oxygens (including phenoxy) is 1. The summed E-state index contributed by atoms with van der Waals surface area (Å²) < 4.78 is 5.44. The van der Waals surface area contributed by atoms with Crippen LogP contribution in [0.25, 0.3) is 0 Å². The lowest BCUT2D eigenvalue weighted by molar-refractivity contribution is -0.174. The zero-order valence-electron chi connectivity index (χ0n) is 13.5. The molecule has 1 saturated carbocycles. The molecule has 1 aliphatic rings. The van der Waals surface area contributed by atoms with Gasteiger partial charge in [0.15, 0.2) is 5.41 Å². The predicted octanol–water partition coefficient (Wildman–Crippen LogP) is 4.31. The van der Waals surface area contributed by atoms with E-state index < -0.39 is 17.4 Å². The van der Waals surface area contributed by atoms with Gasteiger partial charge in [-0.2, -0.15) is 0 Å². The molecule has 0 amide bonds. The molecule has 21 heavy (non-hydrogen) atoms. The quantitative estimate of drug-likeness (QED) is 0.391. The molecular formula is C17H30O4. The molecule has 4 heteroatoms. The molecule has 1 N–H and O–H groups in total. The van der Waals surface area contributed by atoms with Crippen LogP contribution in [0.1, 0.15) is 84.5 Å². The van der Waals surface area contributed by atoms with Gasteiger partial charge in [0.05, 0.1) is 6.10 Å². The van der Waals surface area contributed by atoms with E-state index in [1.54, 1.807) is 0 Å². The molecule has 0 aromatic rings. The lowest BCUT2D eigenvalue weighted by Gasteiger charge is -2.31. The Balaban J connectivity index is 2.40. The van der Waals surface area contributed by atoms with Crippen molar-refractivity contribution in [2.24, 2.45) is 5.41 Å². The summed E-state index contributed by atoms with van der Waals surface area (Å²) >= 11 is 0. The van der Waals surface area contributed by atoms with Crippen molar-refractivity contribution < 1.29 is 19.4 Å². The summed E-state index contributed by atoms with van der Waals surface area (Å²) in [6, 6.07) is 0. The predicted molar refractivity (Wildman–Crippen MR) is 82.1 cm³/mol. The van der Waals surface area contributed by atoms with Gasteiger partial charge in [0.25, 0.3) is 0 Å². The number of aliphatic carboxylic acids is 1. The fourth-order valence-corrected chi connectivity index (χ4v) is 3.05. The zero-order valence-corrected chi connectivity index (χ0v) is 13.5. The van der Waals surface area contributed by atoms with E-state index in [1.165, 1.54) is 19.3 Å². The van der Waals surface area contributed by atoms with Crippen LogP contribution in [0.5, 0.6) is 0 Å². The van der Waals surface area contributed by atoms with E-state index in [9.17, 15) is 14.7 Å². The number of carboxylic acid groups (broad SMARTS) is 1. The normalized spacial score (nSPS) is 19.0. The zero-order chi connectivity index (χ0) is 15.7. The van der Waals surface area contributed by atoms with Gasteiger partial charge in [-0.05, 0) is 32.6 Å². The van der Waals surface area contributed by atoms with Crippen molar-refractivity contribution in [2.75, 3.05) is 0 Å². The standard InChI is InChI=1S/C17H30O4/c1-3-4-5-6-8-11-14(2)21-16(20)17(15(18)19)12-9-7-10-13-17/h14H,3-13H2,1-2H3,(H,18,19). The molecule has 0 spiro atoms. The average Bonchev–Trinajstić information content (AvgIpc) is 2.47. The van der Waals surface area contributed by atoms with Crippen molar-refractivity contribution in [2.45, 2.75) is 90.6 Å². The Morgan fingerprint density at radius 3 is 2.29 bits per heavy atom. The van der Waals surface area contributed by atoms with Crippen LogP contribution in [0.2, 0.25) is 0 Å². The van der Waals surface area contributed by atoms with Gasteiger partial charge in [0.1, 0.15) is 0 Å². The van der Waals surface area contributed by atoms with Gasteiger partial charge in [-0.25, -0.2) is 0 Å². The van der Waals surface area contributed by atoms with E-state index in [1.807, 2.05) is 6.92 Å². The molecule has 0 heterocycles. The maximum Gasteiger partial charge on any atom is 0.323 e. The van der Waals surface area contributed by atoms with E-state index in [0.29, 0.717) is 12.8 Å². The Morgan fingerprint density at radius 2 is 1.71 bits per heavy atom. The fraction of sp³-hybridized carbons (Fsp3) is 0.882. The van der Waals surface area contributed by atoms with Gasteiger partial charge >= 0.3 is 11.9 Å². The van der Waals surface area contributed by atoms with Crippen LogP contribution in [0, 0.1) is 5.41 Å². The van der Waals surface area contributed by atoms with Crippen molar-refractivity contribution in [1.82, 2.24) is 0 Å². The van der Waals surface area contributed by atoms with E-state index in [-0.39, 0.29) is 6.10 Å². The molecule has 0 saturated heterocycles. The first-order valence-electron chi connectivity index (χ1n) is 8.47. The Hall–Kier alpha value is -1.06. The summed E-state index contributed by atoms with van der Waals surface area (Å²) in [7, 11) is 0. The molecule has 122 valence electrons. The van der Waals surface area contributed by atoms with Crippen molar-refractivity contribution in [3.63, 3.8) is 0 Å². The molecule has 0 aromatic heterocycles. The lowest BCUT2D eigenvalue weighted by atomic mass is 9.74. The third-order valence-electron chi connectivity index (χ3n) is 4.53. The molecule has 1 fully saturated rings. The first kappa shape index (κ1) is 18.0. The minimum atomic E-state index is -1.28. The Bertz CT molecular complexity index is 332. The summed E-state index contributed by atoms with van der Waals surface area (Å²) in [6.45, 7) is 4.05. The molecule has 1 atom stereocenters. The van der Waals surface area contributed by atoms with Crippen LogP contribution < -0.4 is 0 Å². The van der Waals surface area contributed by atoms with Crippen LogP contribution in [0.15, 0.2) is 0 Å². The van der Waals surface area contributed by atoms with E-state index in [4.69, 9.17) is 4.74 Å². The summed E-state index contributed by atoms with van der Waals surface area (Å²) in [5.74, 6) is -1.53. The third-order valence-corrected chi connectivity index (χ3v) is 4.53. The SMILES string of the molecule is CCCCCCCC(C)OC(=O)C1(C(=O)O)CCCCC1. The largest absolute Gasteiger partial charge is 0.480 e. The minimum Gasteiger partial charge on any atom is -0.480 e. The summed E-state index contributed by atoms with van der Waals surface area (Å²) in [6.07, 6.45) is 9.96. The summed E-state index contributed by atoms with van der Waals surface area (Å²) in [5, 5.41) is 9.44. The Morgan fingerprint density at radius 1 is 1.10 bits per heavy atom. The second-order valence-corrected chi connectivity index (χ2v) is 6.37. The van der Waals surface area contributed by atoms with Gasteiger partial charge in [0, 0.05) is 0 Å². The van der Waals surface area contributed by atoms with Gasteiger partial charge < -0.3 is 9.84 Å². The maximum atomic E-state index is 12.3. The second-order valence-electron chi connectivity index (χ2n) is 6.37. The molecule has 1 aliphatic carbocycles. The topological polar surface area (TPSA) is 63.6 Å². The molecule has 1 unspecified atom stereocenters. The van der Waals surface area contributed by atoms with Crippen molar-refractivity contribution in [1.29, 1.82) is 0 Å². The monoisotopic (exact) mass is 298 g/mol. The first-order valence-corrected chi connectivity index (χ1v) is 8.47. The van der Waals surface area contributed by atoms with Crippen LogP contribution in [0.4, 0.5) is 0 Å². The number of carbonyl (C=O) groups excluding carboxylic acids is 1. The highest BCUT2D eigenvalue weighted by Gasteiger charge is 2.48. The minimum absolute atomic E-state index is 0.183. The number of carbonyl (C=O) groups is 2. The van der Waals surface area contributed by atoms with Crippen molar-refractivity contribution in [3.8, 4) is 0 Å². The molecule has 4 nitrogen and oxygen atoms in total. The maximum absolute atomic E-state index is 12.3. The number of unbranched alkanes of at least 4 members (excludes halogenated alkanes) is 4. The molecule has 0 aliphatic heterocycles. The molecular weight excluding hydrogens is 268 g/mol. The highest BCUT2D eigenvalue weighted by molar-refractivity contribution is 5.99. The second kappa shape index (κ2) is 9.06. The van der Waals surface area contributed by atoms with Crippen LogP contribution in [0.3, 0.4) is 0 Å². The van der Waals surface area contributed by atoms with E-state index in [0.717, 1.165) is 38.5 Å².